The first kappa shape index (κ1) is 8.00. The SMILES string of the molecule is CC1CNC1c1ccc2ncoc2c1. The summed E-state index contributed by atoms with van der Waals surface area (Å²) < 4.78 is 5.27. The average Bonchev–Trinajstić information content (AvgIpc) is 2.62. The van der Waals surface area contributed by atoms with Crippen LogP contribution < -0.4 is 5.32 Å². The Balaban J connectivity index is 2.04. The maximum Gasteiger partial charge on any atom is 0.181 e. The number of nitrogens with one attached hydrogen (secondary N) is 1. The van der Waals surface area contributed by atoms with Gasteiger partial charge in [-0.25, -0.2) is 4.98 Å². The van der Waals surface area contributed by atoms with E-state index in [0.29, 0.717) is 6.04 Å². The van der Waals surface area contributed by atoms with E-state index in [9.17, 15) is 0 Å². The summed E-state index contributed by atoms with van der Waals surface area (Å²) in [6, 6.07) is 6.71. The van der Waals surface area contributed by atoms with E-state index in [0.717, 1.165) is 23.6 Å². The Kier molecular flexibility index (Phi) is 1.61. The summed E-state index contributed by atoms with van der Waals surface area (Å²) in [5.74, 6) is 0.718. The minimum absolute atomic E-state index is 0.490. The quantitative estimate of drug-likeness (QED) is 0.744. The van der Waals surface area contributed by atoms with E-state index in [-0.39, 0.29) is 0 Å². The van der Waals surface area contributed by atoms with Crippen LogP contribution in [0.4, 0.5) is 0 Å². The van der Waals surface area contributed by atoms with Crippen molar-refractivity contribution in [1.82, 2.24) is 10.3 Å². The number of rotatable bonds is 1. The number of oxazole rings is 1. The van der Waals surface area contributed by atoms with Crippen molar-refractivity contribution in [2.75, 3.05) is 6.54 Å². The van der Waals surface area contributed by atoms with E-state index in [1.54, 1.807) is 0 Å². The van der Waals surface area contributed by atoms with Crippen molar-refractivity contribution in [3.05, 3.63) is 30.2 Å². The first-order valence-corrected chi connectivity index (χ1v) is 4.91. The van der Waals surface area contributed by atoms with E-state index < -0.39 is 0 Å². The molecule has 3 heteroatoms. The Labute approximate surface area is 82.1 Å². The molecule has 2 aromatic rings. The van der Waals surface area contributed by atoms with Crippen LogP contribution in [-0.2, 0) is 0 Å². The third-order valence-electron chi connectivity index (χ3n) is 2.94. The molecule has 0 aliphatic carbocycles. The van der Waals surface area contributed by atoms with Crippen LogP contribution in [0.2, 0.25) is 0 Å². The van der Waals surface area contributed by atoms with Crippen molar-refractivity contribution < 1.29 is 4.42 Å². The topological polar surface area (TPSA) is 38.1 Å². The summed E-state index contributed by atoms with van der Waals surface area (Å²) in [4.78, 5) is 4.09. The molecular weight excluding hydrogens is 176 g/mol. The van der Waals surface area contributed by atoms with Crippen LogP contribution in [0.3, 0.4) is 0 Å². The Morgan fingerprint density at radius 3 is 3.14 bits per heavy atom. The maximum atomic E-state index is 5.27. The summed E-state index contributed by atoms with van der Waals surface area (Å²) >= 11 is 0. The lowest BCUT2D eigenvalue weighted by molar-refractivity contribution is 0.258. The highest BCUT2D eigenvalue weighted by Gasteiger charge is 2.27. The van der Waals surface area contributed by atoms with Gasteiger partial charge in [0.05, 0.1) is 0 Å². The number of nitrogens with zero attached hydrogens (tertiary/aromatic N) is 1. The zero-order valence-electron chi connectivity index (χ0n) is 8.03. The number of fused-ring (bicyclic) bond motifs is 1. The lowest BCUT2D eigenvalue weighted by atomic mass is 9.88. The molecule has 14 heavy (non-hydrogen) atoms. The van der Waals surface area contributed by atoms with Crippen molar-refractivity contribution in [2.24, 2.45) is 5.92 Å². The van der Waals surface area contributed by atoms with Gasteiger partial charge in [0.15, 0.2) is 12.0 Å². The molecule has 1 N–H and O–H groups in total. The zero-order chi connectivity index (χ0) is 9.54. The lowest BCUT2D eigenvalue weighted by Crippen LogP contribution is -2.43. The lowest BCUT2D eigenvalue weighted by Gasteiger charge is -2.35. The minimum Gasteiger partial charge on any atom is -0.443 e. The van der Waals surface area contributed by atoms with Crippen LogP contribution in [0.25, 0.3) is 11.1 Å². The normalized spacial score (nSPS) is 26.4. The molecule has 3 rings (SSSR count). The molecule has 1 fully saturated rings. The van der Waals surface area contributed by atoms with E-state index in [4.69, 9.17) is 4.42 Å². The second kappa shape index (κ2) is 2.82. The highest BCUT2D eigenvalue weighted by atomic mass is 16.3. The smallest absolute Gasteiger partial charge is 0.181 e. The van der Waals surface area contributed by atoms with Crippen LogP contribution >= 0.6 is 0 Å². The molecule has 1 aromatic carbocycles. The van der Waals surface area contributed by atoms with E-state index in [2.05, 4.69) is 29.4 Å². The molecule has 0 saturated carbocycles. The molecular formula is C11H12N2O. The molecule has 0 radical (unpaired) electrons. The van der Waals surface area contributed by atoms with Crippen LogP contribution in [0.1, 0.15) is 18.5 Å². The van der Waals surface area contributed by atoms with Crippen LogP contribution in [0.15, 0.2) is 29.0 Å². The summed E-state index contributed by atoms with van der Waals surface area (Å²) in [6.07, 6.45) is 1.49. The molecule has 72 valence electrons. The van der Waals surface area contributed by atoms with Gasteiger partial charge >= 0.3 is 0 Å². The molecule has 2 heterocycles. The molecule has 3 nitrogen and oxygen atoms in total. The van der Waals surface area contributed by atoms with Gasteiger partial charge in [-0.15, -0.1) is 0 Å². The Morgan fingerprint density at radius 2 is 2.43 bits per heavy atom. The van der Waals surface area contributed by atoms with Gasteiger partial charge in [-0.3, -0.25) is 0 Å². The fraction of sp³-hybridized carbons (Fsp3) is 0.364. The predicted molar refractivity (Wildman–Crippen MR) is 53.9 cm³/mol. The average molecular weight is 188 g/mol. The summed E-state index contributed by atoms with van der Waals surface area (Å²) in [5, 5.41) is 3.41. The molecule has 2 unspecified atom stereocenters. The highest BCUT2D eigenvalue weighted by Crippen LogP contribution is 2.30. The Morgan fingerprint density at radius 1 is 1.50 bits per heavy atom. The first-order chi connectivity index (χ1) is 6.84. The summed E-state index contributed by atoms with van der Waals surface area (Å²) in [7, 11) is 0. The van der Waals surface area contributed by atoms with Crippen LogP contribution in [0, 0.1) is 5.92 Å². The fourth-order valence-electron chi connectivity index (χ4n) is 1.98. The number of aromatic nitrogens is 1. The molecule has 0 spiro atoms. The monoisotopic (exact) mass is 188 g/mol. The standard InChI is InChI=1S/C11H12N2O/c1-7-5-12-11(7)8-2-3-9-10(4-8)14-6-13-9/h2-4,6-7,11-12H,5H2,1H3. The second-order valence-corrected chi connectivity index (χ2v) is 3.94. The molecule has 1 aromatic heterocycles. The first-order valence-electron chi connectivity index (χ1n) is 4.91. The largest absolute Gasteiger partial charge is 0.443 e. The molecule has 0 bridgehead atoms. The van der Waals surface area contributed by atoms with Crippen molar-refractivity contribution in [3.63, 3.8) is 0 Å². The number of benzene rings is 1. The molecule has 1 aliphatic rings. The van der Waals surface area contributed by atoms with Gasteiger partial charge in [0, 0.05) is 12.6 Å². The van der Waals surface area contributed by atoms with Crippen molar-refractivity contribution in [3.8, 4) is 0 Å². The molecule has 2 atom stereocenters. The molecule has 0 amide bonds. The minimum atomic E-state index is 0.490. The van der Waals surface area contributed by atoms with Gasteiger partial charge in [-0.2, -0.15) is 0 Å². The van der Waals surface area contributed by atoms with Gasteiger partial charge in [-0.05, 0) is 23.6 Å². The van der Waals surface area contributed by atoms with E-state index in [1.807, 2.05) is 6.07 Å². The third-order valence-corrected chi connectivity index (χ3v) is 2.94. The zero-order valence-corrected chi connectivity index (χ0v) is 8.03. The van der Waals surface area contributed by atoms with Crippen LogP contribution in [0.5, 0.6) is 0 Å². The molecule has 1 aliphatic heterocycles. The van der Waals surface area contributed by atoms with Crippen molar-refractivity contribution >= 4 is 11.1 Å². The van der Waals surface area contributed by atoms with Crippen LogP contribution in [-0.4, -0.2) is 11.5 Å². The molecule has 1 saturated heterocycles. The Bertz CT molecular complexity index is 463. The van der Waals surface area contributed by atoms with Gasteiger partial charge in [-0.1, -0.05) is 13.0 Å². The van der Waals surface area contributed by atoms with Crippen molar-refractivity contribution in [2.45, 2.75) is 13.0 Å². The van der Waals surface area contributed by atoms with Gasteiger partial charge < -0.3 is 9.73 Å². The van der Waals surface area contributed by atoms with E-state index in [1.165, 1.54) is 12.0 Å². The van der Waals surface area contributed by atoms with Gasteiger partial charge in [0.1, 0.15) is 5.52 Å². The highest BCUT2D eigenvalue weighted by molar-refractivity contribution is 5.73. The number of hydrogen-bond acceptors (Lipinski definition) is 3. The van der Waals surface area contributed by atoms with E-state index >= 15 is 0 Å². The van der Waals surface area contributed by atoms with Gasteiger partial charge in [0.2, 0.25) is 0 Å². The Hall–Kier alpha value is -1.35. The summed E-state index contributed by atoms with van der Waals surface area (Å²) in [6.45, 7) is 3.37. The predicted octanol–water partition coefficient (Wildman–Crippen LogP) is 2.11. The second-order valence-electron chi connectivity index (χ2n) is 3.94. The third kappa shape index (κ3) is 1.06. The number of hydrogen-bond donors (Lipinski definition) is 1. The fourth-order valence-corrected chi connectivity index (χ4v) is 1.98. The summed E-state index contributed by atoms with van der Waals surface area (Å²) in [5.41, 5.74) is 3.11. The maximum absolute atomic E-state index is 5.27. The van der Waals surface area contributed by atoms with Crippen molar-refractivity contribution in [1.29, 1.82) is 0 Å². The van der Waals surface area contributed by atoms with Gasteiger partial charge in [0.25, 0.3) is 0 Å².